The number of H-pyrrole nitrogens is 1. The molecule has 0 atom stereocenters. The van der Waals surface area contributed by atoms with Gasteiger partial charge >= 0.3 is 5.69 Å². The molecule has 0 aliphatic rings. The minimum Gasteiger partial charge on any atom is -0.495 e. The Hall–Kier alpha value is -3.32. The lowest BCUT2D eigenvalue weighted by Crippen LogP contribution is -2.39. The summed E-state index contributed by atoms with van der Waals surface area (Å²) in [5.74, 6) is -0.196. The first kappa shape index (κ1) is 19.4. The highest BCUT2D eigenvalue weighted by Crippen LogP contribution is 2.25. The maximum absolute atomic E-state index is 12.8. The second-order valence-corrected chi connectivity index (χ2v) is 6.56. The Kier molecular flexibility index (Phi) is 5.65. The first-order chi connectivity index (χ1) is 13.4. The van der Waals surface area contributed by atoms with Crippen LogP contribution in [0.25, 0.3) is 0 Å². The van der Waals surface area contributed by atoms with Gasteiger partial charge in [0.2, 0.25) is 0 Å². The number of carbonyl (C=O) groups is 1. The lowest BCUT2D eigenvalue weighted by atomic mass is 10.2. The summed E-state index contributed by atoms with van der Waals surface area (Å²) in [6, 6.07) is 12.2. The maximum Gasteiger partial charge on any atom is 0.328 e. The summed E-state index contributed by atoms with van der Waals surface area (Å²) in [5.41, 5.74) is 0.386. The topological polar surface area (TPSA) is 93.2 Å². The van der Waals surface area contributed by atoms with Gasteiger partial charge in [0.15, 0.2) is 0 Å². The Bertz CT molecular complexity index is 1150. The summed E-state index contributed by atoms with van der Waals surface area (Å²) >= 11 is 6.12. The molecule has 0 saturated heterocycles. The first-order valence-corrected chi connectivity index (χ1v) is 8.80. The van der Waals surface area contributed by atoms with Crippen molar-refractivity contribution in [3.8, 4) is 5.75 Å². The van der Waals surface area contributed by atoms with Gasteiger partial charge < -0.3 is 15.0 Å². The molecule has 8 heteroatoms. The Labute approximate surface area is 165 Å². The third kappa shape index (κ3) is 3.99. The summed E-state index contributed by atoms with van der Waals surface area (Å²) in [6.07, 6.45) is 1.10. The molecule has 1 aromatic heterocycles. The van der Waals surface area contributed by atoms with Gasteiger partial charge in [-0.15, -0.1) is 0 Å². The van der Waals surface area contributed by atoms with Crippen LogP contribution in [0, 0.1) is 6.92 Å². The van der Waals surface area contributed by atoms with Crippen LogP contribution in [0.2, 0.25) is 5.02 Å². The number of rotatable bonds is 5. The van der Waals surface area contributed by atoms with Crippen LogP contribution in [0.5, 0.6) is 5.75 Å². The second-order valence-electron chi connectivity index (χ2n) is 6.15. The highest BCUT2D eigenvalue weighted by atomic mass is 35.5. The van der Waals surface area contributed by atoms with Gasteiger partial charge in [-0.05, 0) is 36.2 Å². The Morgan fingerprint density at radius 2 is 1.96 bits per heavy atom. The predicted molar refractivity (Wildman–Crippen MR) is 108 cm³/mol. The van der Waals surface area contributed by atoms with Gasteiger partial charge in [0.05, 0.1) is 19.3 Å². The van der Waals surface area contributed by atoms with Gasteiger partial charge in [-0.2, -0.15) is 0 Å². The van der Waals surface area contributed by atoms with Gasteiger partial charge in [0, 0.05) is 11.2 Å². The number of hydrogen-bond donors (Lipinski definition) is 2. The van der Waals surface area contributed by atoms with Gasteiger partial charge in [-0.3, -0.25) is 14.2 Å². The molecular formula is C20H18ClN3O4. The third-order valence-electron chi connectivity index (χ3n) is 4.19. The van der Waals surface area contributed by atoms with E-state index in [1.807, 2.05) is 13.0 Å². The molecule has 0 fully saturated rings. The van der Waals surface area contributed by atoms with Crippen molar-refractivity contribution in [2.45, 2.75) is 13.5 Å². The Morgan fingerprint density at radius 1 is 1.21 bits per heavy atom. The molecule has 2 aromatic carbocycles. The van der Waals surface area contributed by atoms with Crippen LogP contribution in [-0.2, 0) is 6.54 Å². The number of methoxy groups -OCH3 is 1. The van der Waals surface area contributed by atoms with Crippen molar-refractivity contribution >= 4 is 23.2 Å². The monoisotopic (exact) mass is 399 g/mol. The van der Waals surface area contributed by atoms with Crippen LogP contribution in [0.3, 0.4) is 0 Å². The number of benzene rings is 2. The zero-order valence-corrected chi connectivity index (χ0v) is 16.0. The number of aromatic nitrogens is 2. The smallest absolute Gasteiger partial charge is 0.328 e. The number of anilines is 1. The van der Waals surface area contributed by atoms with Crippen molar-refractivity contribution < 1.29 is 9.53 Å². The van der Waals surface area contributed by atoms with E-state index in [2.05, 4.69) is 10.3 Å². The van der Waals surface area contributed by atoms with Gasteiger partial charge in [0.1, 0.15) is 11.3 Å². The number of aryl methyl sites for hydroxylation is 1. The number of aromatic amines is 1. The molecule has 0 unspecified atom stereocenters. The summed E-state index contributed by atoms with van der Waals surface area (Å²) in [7, 11) is 1.48. The molecule has 0 aliphatic heterocycles. The number of nitrogens with zero attached hydrogens (tertiary/aromatic N) is 1. The Morgan fingerprint density at radius 3 is 2.68 bits per heavy atom. The minimum atomic E-state index is -0.715. The molecular weight excluding hydrogens is 382 g/mol. The summed E-state index contributed by atoms with van der Waals surface area (Å²) < 4.78 is 6.17. The molecule has 28 heavy (non-hydrogen) atoms. The molecule has 0 aliphatic carbocycles. The van der Waals surface area contributed by atoms with E-state index in [0.29, 0.717) is 22.0 Å². The summed E-state index contributed by atoms with van der Waals surface area (Å²) in [5, 5.41) is 3.08. The highest BCUT2D eigenvalue weighted by molar-refractivity contribution is 6.31. The van der Waals surface area contributed by atoms with E-state index in [1.54, 1.807) is 36.4 Å². The lowest BCUT2D eigenvalue weighted by Gasteiger charge is -2.12. The summed E-state index contributed by atoms with van der Waals surface area (Å²) in [6.45, 7) is 1.81. The fourth-order valence-corrected chi connectivity index (χ4v) is 2.92. The van der Waals surface area contributed by atoms with Crippen molar-refractivity contribution in [1.82, 2.24) is 9.55 Å². The number of amides is 1. The largest absolute Gasteiger partial charge is 0.495 e. The number of hydrogen-bond acceptors (Lipinski definition) is 4. The van der Waals surface area contributed by atoms with Crippen molar-refractivity contribution in [2.75, 3.05) is 12.4 Å². The van der Waals surface area contributed by atoms with E-state index in [0.717, 1.165) is 16.3 Å². The average molecular weight is 400 g/mol. The van der Waals surface area contributed by atoms with E-state index in [-0.39, 0.29) is 12.1 Å². The highest BCUT2D eigenvalue weighted by Gasteiger charge is 2.17. The second kappa shape index (κ2) is 8.14. The van der Waals surface area contributed by atoms with Crippen LogP contribution in [0.4, 0.5) is 5.69 Å². The quantitative estimate of drug-likeness (QED) is 0.689. The summed E-state index contributed by atoms with van der Waals surface area (Å²) in [4.78, 5) is 40.0. The maximum atomic E-state index is 12.8. The number of carbonyl (C=O) groups excluding carboxylic acids is 1. The Balaban J connectivity index is 1.96. The lowest BCUT2D eigenvalue weighted by molar-refractivity contribution is 0.102. The van der Waals surface area contributed by atoms with Crippen LogP contribution in [0.15, 0.2) is 58.3 Å². The third-order valence-corrected chi connectivity index (χ3v) is 4.56. The van der Waals surface area contributed by atoms with Gasteiger partial charge in [-0.25, -0.2) is 4.79 Å². The first-order valence-electron chi connectivity index (χ1n) is 8.42. The van der Waals surface area contributed by atoms with Crippen LogP contribution >= 0.6 is 11.6 Å². The number of halogens is 1. The fraction of sp³-hybridized carbons (Fsp3) is 0.150. The van der Waals surface area contributed by atoms with Crippen LogP contribution in [0.1, 0.15) is 21.5 Å². The van der Waals surface area contributed by atoms with E-state index >= 15 is 0 Å². The average Bonchev–Trinajstić information content (AvgIpc) is 2.66. The van der Waals surface area contributed by atoms with Crippen LogP contribution in [-0.4, -0.2) is 22.6 Å². The molecule has 0 saturated carbocycles. The molecule has 3 rings (SSSR count). The molecule has 3 aromatic rings. The van der Waals surface area contributed by atoms with Gasteiger partial charge in [0.25, 0.3) is 11.5 Å². The number of nitrogens with one attached hydrogen (secondary N) is 2. The van der Waals surface area contributed by atoms with Crippen molar-refractivity contribution in [1.29, 1.82) is 0 Å². The molecule has 2 N–H and O–H groups in total. The zero-order chi connectivity index (χ0) is 20.3. The SMILES string of the molecule is COc1ccc(C)cc1NC(=O)c1c[nH]c(=O)n(Cc2ccccc2Cl)c1=O. The normalized spacial score (nSPS) is 10.5. The van der Waals surface area contributed by atoms with E-state index in [9.17, 15) is 14.4 Å². The molecule has 0 bridgehead atoms. The molecule has 0 radical (unpaired) electrons. The van der Waals surface area contributed by atoms with E-state index in [1.165, 1.54) is 7.11 Å². The fourth-order valence-electron chi connectivity index (χ4n) is 2.72. The van der Waals surface area contributed by atoms with Crippen LogP contribution < -0.4 is 21.3 Å². The van der Waals surface area contributed by atoms with Crippen molar-refractivity contribution in [2.24, 2.45) is 0 Å². The molecule has 144 valence electrons. The molecule has 0 spiro atoms. The molecule has 1 amide bonds. The number of ether oxygens (including phenoxy) is 1. The van der Waals surface area contributed by atoms with Gasteiger partial charge in [-0.1, -0.05) is 35.9 Å². The van der Waals surface area contributed by atoms with E-state index < -0.39 is 17.2 Å². The minimum absolute atomic E-state index is 0.0529. The van der Waals surface area contributed by atoms with Crippen molar-refractivity contribution in [3.05, 3.63) is 91.2 Å². The van der Waals surface area contributed by atoms with Crippen molar-refractivity contribution in [3.63, 3.8) is 0 Å². The predicted octanol–water partition coefficient (Wildman–Crippen LogP) is 2.81. The zero-order valence-electron chi connectivity index (χ0n) is 15.3. The molecule has 1 heterocycles. The van der Waals surface area contributed by atoms with E-state index in [4.69, 9.17) is 16.3 Å². The molecule has 7 nitrogen and oxygen atoms in total. The standard InChI is InChI=1S/C20H18ClN3O4/c1-12-7-8-17(28-2)16(9-12)23-18(25)14-10-22-20(27)24(19(14)26)11-13-5-3-4-6-15(13)21/h3-10H,11H2,1-2H3,(H,22,27)(H,23,25).